The lowest BCUT2D eigenvalue weighted by Crippen LogP contribution is -2.28. The van der Waals surface area contributed by atoms with Crippen molar-refractivity contribution in [2.75, 3.05) is 25.5 Å². The van der Waals surface area contributed by atoms with Crippen molar-refractivity contribution in [3.8, 4) is 0 Å². The second kappa shape index (κ2) is 10.1. The van der Waals surface area contributed by atoms with Crippen LogP contribution in [-0.4, -0.2) is 44.8 Å². The number of amides is 1. The van der Waals surface area contributed by atoms with Gasteiger partial charge in [0, 0.05) is 24.9 Å². The van der Waals surface area contributed by atoms with Gasteiger partial charge in [0.15, 0.2) is 0 Å². The molecule has 0 fully saturated rings. The number of aryl methyl sites for hydroxylation is 1. The van der Waals surface area contributed by atoms with Crippen molar-refractivity contribution in [3.63, 3.8) is 0 Å². The molecule has 0 aromatic carbocycles. The van der Waals surface area contributed by atoms with Crippen LogP contribution in [0.2, 0.25) is 0 Å². The zero-order chi connectivity index (χ0) is 20.7. The van der Waals surface area contributed by atoms with Crippen molar-refractivity contribution in [2.45, 2.75) is 37.3 Å². The van der Waals surface area contributed by atoms with Gasteiger partial charge in [0.25, 0.3) is 10.0 Å². The maximum Gasteiger partial charge on any atom is 0.341 e. The average Bonchev–Trinajstić information content (AvgIpc) is 3.32. The van der Waals surface area contributed by atoms with Crippen molar-refractivity contribution in [3.05, 3.63) is 34.0 Å². The molecular weight excluding hydrogens is 420 g/mol. The topological polar surface area (TPSA) is 92.8 Å². The first-order valence-corrected chi connectivity index (χ1v) is 12.0. The van der Waals surface area contributed by atoms with Gasteiger partial charge in [-0.2, -0.15) is 0 Å². The Balaban J connectivity index is 1.92. The van der Waals surface area contributed by atoms with Gasteiger partial charge >= 0.3 is 5.97 Å². The third-order valence-electron chi connectivity index (χ3n) is 3.92. The van der Waals surface area contributed by atoms with Gasteiger partial charge in [-0.1, -0.05) is 13.0 Å². The minimum atomic E-state index is -3.52. The van der Waals surface area contributed by atoms with E-state index in [0.29, 0.717) is 17.0 Å². The number of nitrogens with one attached hydrogen (secondary N) is 1. The monoisotopic (exact) mass is 444 g/mol. The maximum atomic E-state index is 12.4. The molecule has 0 aliphatic carbocycles. The van der Waals surface area contributed by atoms with E-state index in [9.17, 15) is 18.0 Å². The molecular formula is C18H24N2O5S3. The zero-order valence-electron chi connectivity index (χ0n) is 16.1. The molecule has 0 saturated carbocycles. The number of nitrogens with zero attached hydrogens (tertiary/aromatic N) is 1. The van der Waals surface area contributed by atoms with Crippen LogP contribution in [0.3, 0.4) is 0 Å². The molecule has 28 heavy (non-hydrogen) atoms. The molecule has 1 amide bonds. The first-order chi connectivity index (χ1) is 13.3. The van der Waals surface area contributed by atoms with E-state index in [1.807, 2.05) is 6.92 Å². The summed E-state index contributed by atoms with van der Waals surface area (Å²) >= 11 is 2.51. The number of rotatable bonds is 10. The molecule has 0 aliphatic heterocycles. The predicted molar refractivity (Wildman–Crippen MR) is 112 cm³/mol. The molecule has 7 nitrogen and oxygen atoms in total. The van der Waals surface area contributed by atoms with Crippen LogP contribution in [0.1, 0.15) is 41.9 Å². The van der Waals surface area contributed by atoms with Crippen LogP contribution < -0.4 is 5.32 Å². The summed E-state index contributed by atoms with van der Waals surface area (Å²) in [6.45, 7) is 4.18. The third-order valence-corrected chi connectivity index (χ3v) is 8.34. The lowest BCUT2D eigenvalue weighted by Gasteiger charge is -2.15. The van der Waals surface area contributed by atoms with E-state index in [2.05, 4.69) is 5.32 Å². The smallest absolute Gasteiger partial charge is 0.341 e. The Morgan fingerprint density at radius 1 is 1.29 bits per heavy atom. The molecule has 0 spiro atoms. The largest absolute Gasteiger partial charge is 0.462 e. The fraction of sp³-hybridized carbons (Fsp3) is 0.444. The molecule has 2 aromatic heterocycles. The highest BCUT2D eigenvalue weighted by Gasteiger charge is 2.22. The summed E-state index contributed by atoms with van der Waals surface area (Å²) in [6, 6.07) is 4.98. The lowest BCUT2D eigenvalue weighted by atomic mass is 10.2. The van der Waals surface area contributed by atoms with Crippen LogP contribution in [-0.2, 0) is 26.0 Å². The number of sulfonamides is 1. The summed E-state index contributed by atoms with van der Waals surface area (Å²) in [5.74, 6) is -0.729. The van der Waals surface area contributed by atoms with E-state index in [0.717, 1.165) is 22.6 Å². The molecule has 1 N–H and O–H groups in total. The Bertz CT molecular complexity index is 904. The quantitative estimate of drug-likeness (QED) is 0.565. The highest BCUT2D eigenvalue weighted by Crippen LogP contribution is 2.29. The Hall–Kier alpha value is -1.75. The van der Waals surface area contributed by atoms with E-state index < -0.39 is 16.0 Å². The fourth-order valence-corrected chi connectivity index (χ4v) is 5.82. The summed E-state index contributed by atoms with van der Waals surface area (Å²) in [4.78, 5) is 25.3. The molecule has 154 valence electrons. The molecule has 2 rings (SSSR count). The first kappa shape index (κ1) is 22.5. The van der Waals surface area contributed by atoms with Gasteiger partial charge in [0.2, 0.25) is 5.91 Å². The number of anilines is 1. The van der Waals surface area contributed by atoms with Crippen molar-refractivity contribution < 1.29 is 22.7 Å². The van der Waals surface area contributed by atoms with Gasteiger partial charge in [-0.25, -0.2) is 17.5 Å². The molecule has 0 unspecified atom stereocenters. The van der Waals surface area contributed by atoms with Crippen LogP contribution in [0.15, 0.2) is 27.8 Å². The minimum Gasteiger partial charge on any atom is -0.462 e. The second-order valence-corrected chi connectivity index (χ2v) is 10.3. The van der Waals surface area contributed by atoms with Crippen molar-refractivity contribution in [1.29, 1.82) is 0 Å². The normalized spacial score (nSPS) is 11.6. The summed E-state index contributed by atoms with van der Waals surface area (Å²) in [7, 11) is -2.02. The Kier molecular flexibility index (Phi) is 8.17. The molecule has 0 aliphatic rings. The van der Waals surface area contributed by atoms with Crippen LogP contribution in [0.5, 0.6) is 0 Å². The number of ether oxygens (including phenoxy) is 1. The SMILES string of the molecule is CCOC(=O)c1cc(CC)sc1NC(=O)CCCN(C)S(=O)(=O)c1cccs1. The Morgan fingerprint density at radius 2 is 2.04 bits per heavy atom. The minimum absolute atomic E-state index is 0.145. The van der Waals surface area contributed by atoms with Crippen LogP contribution in [0, 0.1) is 0 Å². The number of hydrogen-bond acceptors (Lipinski definition) is 7. The van der Waals surface area contributed by atoms with Crippen LogP contribution >= 0.6 is 22.7 Å². The molecule has 0 atom stereocenters. The fourth-order valence-electron chi connectivity index (χ4n) is 2.41. The van der Waals surface area contributed by atoms with E-state index in [4.69, 9.17) is 4.74 Å². The standard InChI is InChI=1S/C18H24N2O5S3/c1-4-13-12-14(18(22)25-5-2)17(27-13)19-15(21)8-6-10-20(3)28(23,24)16-9-7-11-26-16/h7,9,11-12H,4-6,8,10H2,1-3H3,(H,19,21). The van der Waals surface area contributed by atoms with E-state index >= 15 is 0 Å². The van der Waals surface area contributed by atoms with Crippen LogP contribution in [0.4, 0.5) is 5.00 Å². The van der Waals surface area contributed by atoms with Gasteiger partial charge in [-0.15, -0.1) is 22.7 Å². The Labute approximate surface area is 173 Å². The predicted octanol–water partition coefficient (Wildman–Crippen LogP) is 3.59. The molecule has 0 radical (unpaired) electrons. The molecule has 10 heteroatoms. The summed E-state index contributed by atoms with van der Waals surface area (Å²) in [5.41, 5.74) is 0.356. The van der Waals surface area contributed by atoms with Crippen molar-refractivity contribution in [2.24, 2.45) is 0 Å². The van der Waals surface area contributed by atoms with Crippen molar-refractivity contribution >= 4 is 49.6 Å². The number of carbonyl (C=O) groups excluding carboxylic acids is 2. The van der Waals surface area contributed by atoms with Gasteiger partial charge < -0.3 is 10.1 Å². The van der Waals surface area contributed by atoms with Gasteiger partial charge in [-0.3, -0.25) is 4.79 Å². The van der Waals surface area contributed by atoms with E-state index in [-0.39, 0.29) is 29.7 Å². The van der Waals surface area contributed by atoms with E-state index in [1.54, 1.807) is 30.5 Å². The highest BCUT2D eigenvalue weighted by molar-refractivity contribution is 7.91. The van der Waals surface area contributed by atoms with E-state index in [1.165, 1.54) is 22.7 Å². The van der Waals surface area contributed by atoms with Crippen LogP contribution in [0.25, 0.3) is 0 Å². The second-order valence-electron chi connectivity index (χ2n) is 5.94. The molecule has 0 saturated heterocycles. The molecule has 0 bridgehead atoms. The highest BCUT2D eigenvalue weighted by atomic mass is 32.2. The Morgan fingerprint density at radius 3 is 2.64 bits per heavy atom. The zero-order valence-corrected chi connectivity index (χ0v) is 18.5. The van der Waals surface area contributed by atoms with Gasteiger partial charge in [0.1, 0.15) is 9.21 Å². The number of esters is 1. The molecule has 2 aromatic rings. The third kappa shape index (κ3) is 5.63. The lowest BCUT2D eigenvalue weighted by molar-refractivity contribution is -0.116. The average molecular weight is 445 g/mol. The maximum absolute atomic E-state index is 12.4. The summed E-state index contributed by atoms with van der Waals surface area (Å²) in [6.07, 6.45) is 1.26. The number of thiophene rings is 2. The molecule has 2 heterocycles. The van der Waals surface area contributed by atoms with Crippen molar-refractivity contribution in [1.82, 2.24) is 4.31 Å². The first-order valence-electron chi connectivity index (χ1n) is 8.89. The number of hydrogen-bond donors (Lipinski definition) is 1. The van der Waals surface area contributed by atoms with Gasteiger partial charge in [-0.05, 0) is 37.3 Å². The summed E-state index contributed by atoms with van der Waals surface area (Å²) in [5, 5.41) is 4.94. The van der Waals surface area contributed by atoms with Gasteiger partial charge in [0.05, 0.1) is 12.2 Å². The summed E-state index contributed by atoms with van der Waals surface area (Å²) < 4.78 is 31.3. The number of carbonyl (C=O) groups is 2.